The number of carboxylic acid groups (broad SMARTS) is 1. The van der Waals surface area contributed by atoms with Crippen molar-refractivity contribution >= 4 is 17.6 Å². The molecular formula is C10H6ClNO3. The first-order chi connectivity index (χ1) is 7.18. The van der Waals surface area contributed by atoms with E-state index in [1.54, 1.807) is 24.3 Å². The normalized spacial score (nSPS) is 10.2. The Morgan fingerprint density at radius 2 is 2.13 bits per heavy atom. The average molecular weight is 224 g/mol. The maximum absolute atomic E-state index is 10.5. The van der Waals surface area contributed by atoms with E-state index in [1.807, 2.05) is 0 Å². The van der Waals surface area contributed by atoms with Crippen LogP contribution in [0.4, 0.5) is 0 Å². The van der Waals surface area contributed by atoms with E-state index in [0.29, 0.717) is 16.3 Å². The van der Waals surface area contributed by atoms with Crippen LogP contribution in [0.5, 0.6) is 0 Å². The summed E-state index contributed by atoms with van der Waals surface area (Å²) in [5.41, 5.74) is 0.624. The lowest BCUT2D eigenvalue weighted by Gasteiger charge is -1.97. The fraction of sp³-hybridized carbons (Fsp3) is 0. The van der Waals surface area contributed by atoms with Gasteiger partial charge in [0.05, 0.1) is 11.2 Å². The van der Waals surface area contributed by atoms with Crippen LogP contribution in [0.15, 0.2) is 34.9 Å². The molecule has 15 heavy (non-hydrogen) atoms. The lowest BCUT2D eigenvalue weighted by atomic mass is 10.2. The Hall–Kier alpha value is -1.81. The summed E-state index contributed by atoms with van der Waals surface area (Å²) >= 11 is 5.91. The van der Waals surface area contributed by atoms with Gasteiger partial charge in [0.25, 0.3) is 0 Å². The number of nitrogens with zero attached hydrogens (tertiary/aromatic N) is 1. The van der Waals surface area contributed by atoms with Gasteiger partial charge in [-0.15, -0.1) is 0 Å². The highest BCUT2D eigenvalue weighted by atomic mass is 35.5. The fourth-order valence-corrected chi connectivity index (χ4v) is 1.39. The molecule has 4 nitrogen and oxygen atoms in total. The number of hydrogen-bond acceptors (Lipinski definition) is 3. The van der Waals surface area contributed by atoms with Gasteiger partial charge in [0.1, 0.15) is 0 Å². The predicted octanol–water partition coefficient (Wildman–Crippen LogP) is 2.69. The number of hydrogen-bond donors (Lipinski definition) is 1. The monoisotopic (exact) mass is 223 g/mol. The molecule has 0 atom stereocenters. The molecule has 76 valence electrons. The molecule has 2 rings (SSSR count). The summed E-state index contributed by atoms with van der Waals surface area (Å²) in [4.78, 5) is 14.1. The number of oxazole rings is 1. The van der Waals surface area contributed by atoms with Crippen molar-refractivity contribution in [2.45, 2.75) is 0 Å². The van der Waals surface area contributed by atoms with E-state index in [0.717, 1.165) is 0 Å². The number of halogens is 1. The molecule has 0 aliphatic carbocycles. The highest BCUT2D eigenvalue weighted by Gasteiger charge is 2.13. The summed E-state index contributed by atoms with van der Waals surface area (Å²) < 4.78 is 5.02. The zero-order valence-electron chi connectivity index (χ0n) is 7.48. The maximum Gasteiger partial charge on any atom is 0.392 e. The third-order valence-electron chi connectivity index (χ3n) is 1.83. The van der Waals surface area contributed by atoms with Crippen molar-refractivity contribution < 1.29 is 14.3 Å². The first-order valence-corrected chi connectivity index (χ1v) is 4.50. The van der Waals surface area contributed by atoms with Crippen molar-refractivity contribution in [3.8, 4) is 11.3 Å². The second-order valence-electron chi connectivity index (χ2n) is 2.81. The van der Waals surface area contributed by atoms with Gasteiger partial charge >= 0.3 is 11.9 Å². The predicted molar refractivity (Wildman–Crippen MR) is 53.9 cm³/mol. The number of carboxylic acids is 1. The number of aromatic carboxylic acids is 1. The Labute approximate surface area is 90.1 Å². The lowest BCUT2D eigenvalue weighted by Crippen LogP contribution is -1.94. The molecule has 0 fully saturated rings. The standard InChI is InChI=1S/C10H6ClNO3/c11-7-4-2-1-3-6(7)8-5-12-9(15-8)10(13)14/h1-5H,(H,13,14). The molecule has 0 aliphatic rings. The SMILES string of the molecule is O=C(O)c1ncc(-c2ccccc2Cl)o1. The van der Waals surface area contributed by atoms with Crippen LogP contribution in [0.25, 0.3) is 11.3 Å². The summed E-state index contributed by atoms with van der Waals surface area (Å²) in [6.07, 6.45) is 1.34. The van der Waals surface area contributed by atoms with E-state index in [4.69, 9.17) is 21.1 Å². The highest BCUT2D eigenvalue weighted by Crippen LogP contribution is 2.27. The molecule has 1 heterocycles. The van der Waals surface area contributed by atoms with E-state index in [2.05, 4.69) is 4.98 Å². The van der Waals surface area contributed by atoms with Crippen LogP contribution in [0, 0.1) is 0 Å². The van der Waals surface area contributed by atoms with E-state index >= 15 is 0 Å². The third kappa shape index (κ3) is 1.85. The van der Waals surface area contributed by atoms with Gasteiger partial charge in [-0.2, -0.15) is 0 Å². The summed E-state index contributed by atoms with van der Waals surface area (Å²) in [6.45, 7) is 0. The van der Waals surface area contributed by atoms with Crippen molar-refractivity contribution in [2.75, 3.05) is 0 Å². The third-order valence-corrected chi connectivity index (χ3v) is 2.16. The molecule has 1 aromatic heterocycles. The molecule has 0 saturated heterocycles. The van der Waals surface area contributed by atoms with E-state index in [1.165, 1.54) is 6.20 Å². The van der Waals surface area contributed by atoms with E-state index in [-0.39, 0.29) is 5.89 Å². The summed E-state index contributed by atoms with van der Waals surface area (Å²) in [7, 11) is 0. The Bertz CT molecular complexity index is 507. The van der Waals surface area contributed by atoms with Crippen LogP contribution in [-0.2, 0) is 0 Å². The number of aromatic nitrogens is 1. The molecule has 1 aromatic carbocycles. The number of rotatable bonds is 2. The largest absolute Gasteiger partial charge is 0.474 e. The molecule has 5 heteroatoms. The Kier molecular flexibility index (Phi) is 2.43. The van der Waals surface area contributed by atoms with Crippen molar-refractivity contribution in [2.24, 2.45) is 0 Å². The Balaban J connectivity index is 2.46. The zero-order valence-corrected chi connectivity index (χ0v) is 8.23. The van der Waals surface area contributed by atoms with Crippen LogP contribution in [-0.4, -0.2) is 16.1 Å². The molecule has 0 amide bonds. The quantitative estimate of drug-likeness (QED) is 0.850. The minimum Gasteiger partial charge on any atom is -0.474 e. The second-order valence-corrected chi connectivity index (χ2v) is 3.22. The van der Waals surface area contributed by atoms with Gasteiger partial charge in [0.2, 0.25) is 0 Å². The number of carbonyl (C=O) groups is 1. The highest BCUT2D eigenvalue weighted by molar-refractivity contribution is 6.33. The molecule has 0 spiro atoms. The van der Waals surface area contributed by atoms with Crippen LogP contribution >= 0.6 is 11.6 Å². The van der Waals surface area contributed by atoms with Crippen molar-refractivity contribution in [1.29, 1.82) is 0 Å². The minimum atomic E-state index is -1.20. The smallest absolute Gasteiger partial charge is 0.392 e. The second kappa shape index (κ2) is 3.74. The van der Waals surface area contributed by atoms with Crippen molar-refractivity contribution in [3.05, 3.63) is 41.4 Å². The van der Waals surface area contributed by atoms with Crippen LogP contribution in [0.3, 0.4) is 0 Å². The Morgan fingerprint density at radius 1 is 1.40 bits per heavy atom. The summed E-state index contributed by atoms with van der Waals surface area (Å²) in [5.74, 6) is -1.20. The molecule has 0 bridgehead atoms. The first kappa shape index (κ1) is 9.73. The van der Waals surface area contributed by atoms with Gasteiger partial charge in [0, 0.05) is 5.56 Å². The molecule has 0 saturated carbocycles. The van der Waals surface area contributed by atoms with Crippen LogP contribution in [0.2, 0.25) is 5.02 Å². The minimum absolute atomic E-state index is 0.343. The summed E-state index contributed by atoms with van der Waals surface area (Å²) in [5, 5.41) is 9.12. The van der Waals surface area contributed by atoms with Crippen molar-refractivity contribution in [1.82, 2.24) is 4.98 Å². The zero-order chi connectivity index (χ0) is 10.8. The topological polar surface area (TPSA) is 63.3 Å². The maximum atomic E-state index is 10.5. The average Bonchev–Trinajstić information content (AvgIpc) is 2.67. The first-order valence-electron chi connectivity index (χ1n) is 4.12. The van der Waals surface area contributed by atoms with Crippen LogP contribution in [0.1, 0.15) is 10.7 Å². The molecule has 0 aliphatic heterocycles. The fourth-order valence-electron chi connectivity index (χ4n) is 1.16. The lowest BCUT2D eigenvalue weighted by molar-refractivity contribution is 0.0654. The van der Waals surface area contributed by atoms with E-state index < -0.39 is 5.97 Å². The Morgan fingerprint density at radius 3 is 2.73 bits per heavy atom. The van der Waals surface area contributed by atoms with Gasteiger partial charge in [0.15, 0.2) is 5.76 Å². The van der Waals surface area contributed by atoms with Crippen LogP contribution < -0.4 is 0 Å². The summed E-state index contributed by atoms with van der Waals surface area (Å²) in [6, 6.07) is 6.98. The van der Waals surface area contributed by atoms with Gasteiger partial charge < -0.3 is 9.52 Å². The van der Waals surface area contributed by atoms with Gasteiger partial charge in [-0.3, -0.25) is 0 Å². The number of benzene rings is 1. The molecule has 0 radical (unpaired) electrons. The van der Waals surface area contributed by atoms with Gasteiger partial charge in [-0.05, 0) is 12.1 Å². The molecular weight excluding hydrogens is 218 g/mol. The molecule has 0 unspecified atom stereocenters. The van der Waals surface area contributed by atoms with Gasteiger partial charge in [-0.25, -0.2) is 9.78 Å². The van der Waals surface area contributed by atoms with Crippen molar-refractivity contribution in [3.63, 3.8) is 0 Å². The molecule has 2 aromatic rings. The molecule has 1 N–H and O–H groups in total. The van der Waals surface area contributed by atoms with Gasteiger partial charge in [-0.1, -0.05) is 23.7 Å². The van der Waals surface area contributed by atoms with E-state index in [9.17, 15) is 4.79 Å².